The van der Waals surface area contributed by atoms with E-state index in [1.807, 2.05) is 20.8 Å². The molecule has 0 aliphatic carbocycles. The number of methoxy groups -OCH3 is 1. The summed E-state index contributed by atoms with van der Waals surface area (Å²) in [4.78, 5) is 0. The van der Waals surface area contributed by atoms with Crippen molar-refractivity contribution in [1.82, 2.24) is 5.32 Å². The average Bonchev–Trinajstić information content (AvgIpc) is 2.36. The number of nitriles is 1. The number of nitrogens with one attached hydrogen (secondary N) is 1. The summed E-state index contributed by atoms with van der Waals surface area (Å²) >= 11 is 0. The number of rotatable bonds is 12. The Bertz CT molecular complexity index is 254. The van der Waals surface area contributed by atoms with Crippen LogP contribution < -0.4 is 5.32 Å². The lowest BCUT2D eigenvalue weighted by Crippen LogP contribution is -2.45. The van der Waals surface area contributed by atoms with E-state index < -0.39 is 5.54 Å². The molecule has 1 unspecified atom stereocenters. The van der Waals surface area contributed by atoms with Gasteiger partial charge < -0.3 is 14.2 Å². The lowest BCUT2D eigenvalue weighted by Gasteiger charge is -2.25. The van der Waals surface area contributed by atoms with Crippen molar-refractivity contribution in [2.45, 2.75) is 45.2 Å². The van der Waals surface area contributed by atoms with Gasteiger partial charge in [-0.1, -0.05) is 0 Å². The Morgan fingerprint density at radius 2 is 1.74 bits per heavy atom. The van der Waals surface area contributed by atoms with Gasteiger partial charge in [-0.2, -0.15) is 5.26 Å². The predicted molar refractivity (Wildman–Crippen MR) is 75.0 cm³/mol. The van der Waals surface area contributed by atoms with E-state index in [2.05, 4.69) is 11.4 Å². The third kappa shape index (κ3) is 10.9. The highest BCUT2D eigenvalue weighted by molar-refractivity contribution is 5.04. The first-order valence-corrected chi connectivity index (χ1v) is 6.87. The van der Waals surface area contributed by atoms with Crippen LogP contribution in [-0.2, 0) is 14.2 Å². The van der Waals surface area contributed by atoms with Gasteiger partial charge in [0.1, 0.15) is 5.54 Å². The molecule has 0 saturated carbocycles. The molecule has 112 valence electrons. The van der Waals surface area contributed by atoms with Gasteiger partial charge in [0.2, 0.25) is 0 Å². The number of hydrogen-bond acceptors (Lipinski definition) is 5. The largest absolute Gasteiger partial charge is 0.385 e. The molecule has 0 radical (unpaired) electrons. The second kappa shape index (κ2) is 11.2. The van der Waals surface area contributed by atoms with Crippen molar-refractivity contribution in [3.05, 3.63) is 0 Å². The van der Waals surface area contributed by atoms with Gasteiger partial charge in [0.25, 0.3) is 0 Å². The first-order chi connectivity index (χ1) is 9.04. The van der Waals surface area contributed by atoms with Crippen LogP contribution in [0.4, 0.5) is 0 Å². The van der Waals surface area contributed by atoms with Crippen molar-refractivity contribution >= 4 is 0 Å². The lowest BCUT2D eigenvalue weighted by molar-refractivity contribution is 0.0352. The molecule has 0 saturated heterocycles. The molecule has 1 atom stereocenters. The zero-order chi connectivity index (χ0) is 14.6. The number of nitrogens with zero attached hydrogens (tertiary/aromatic N) is 1. The Labute approximate surface area is 117 Å². The third-order valence-corrected chi connectivity index (χ3v) is 2.61. The molecule has 5 nitrogen and oxygen atoms in total. The summed E-state index contributed by atoms with van der Waals surface area (Å²) in [5.41, 5.74) is -0.520. The minimum absolute atomic E-state index is 0.286. The van der Waals surface area contributed by atoms with Crippen LogP contribution in [0.15, 0.2) is 0 Å². The summed E-state index contributed by atoms with van der Waals surface area (Å²) in [5, 5.41) is 12.4. The Hall–Kier alpha value is -0.670. The average molecular weight is 272 g/mol. The molecule has 0 heterocycles. The monoisotopic (exact) mass is 272 g/mol. The summed E-state index contributed by atoms with van der Waals surface area (Å²) < 4.78 is 15.8. The number of hydrogen-bond donors (Lipinski definition) is 1. The van der Waals surface area contributed by atoms with Gasteiger partial charge in [-0.05, 0) is 27.2 Å². The van der Waals surface area contributed by atoms with Crippen LogP contribution in [0, 0.1) is 11.3 Å². The van der Waals surface area contributed by atoms with E-state index in [4.69, 9.17) is 19.5 Å². The van der Waals surface area contributed by atoms with Crippen LogP contribution in [-0.4, -0.2) is 51.7 Å². The summed E-state index contributed by atoms with van der Waals surface area (Å²) in [5.74, 6) is 0. The predicted octanol–water partition coefficient (Wildman–Crippen LogP) is 1.73. The first-order valence-electron chi connectivity index (χ1n) is 6.87. The molecule has 1 N–H and O–H groups in total. The number of ether oxygens (including phenoxy) is 3. The third-order valence-electron chi connectivity index (χ3n) is 2.61. The van der Waals surface area contributed by atoms with E-state index >= 15 is 0 Å². The normalized spacial score (nSPS) is 14.3. The van der Waals surface area contributed by atoms with Crippen LogP contribution in [0.1, 0.15) is 33.6 Å². The van der Waals surface area contributed by atoms with E-state index in [0.29, 0.717) is 32.8 Å². The van der Waals surface area contributed by atoms with Gasteiger partial charge in [0.15, 0.2) is 0 Å². The maximum Gasteiger partial charge on any atom is 0.106 e. The van der Waals surface area contributed by atoms with Crippen LogP contribution in [0.3, 0.4) is 0 Å². The van der Waals surface area contributed by atoms with Gasteiger partial charge in [-0.15, -0.1) is 0 Å². The topological polar surface area (TPSA) is 63.5 Å². The Morgan fingerprint density at radius 3 is 2.26 bits per heavy atom. The van der Waals surface area contributed by atoms with Crippen molar-refractivity contribution in [1.29, 1.82) is 5.26 Å². The van der Waals surface area contributed by atoms with Gasteiger partial charge in [-0.25, -0.2) is 0 Å². The zero-order valence-electron chi connectivity index (χ0n) is 12.7. The lowest BCUT2D eigenvalue weighted by atomic mass is 9.99. The molecule has 19 heavy (non-hydrogen) atoms. The van der Waals surface area contributed by atoms with Crippen LogP contribution in [0.2, 0.25) is 0 Å². The molecular weight excluding hydrogens is 244 g/mol. The molecule has 0 spiro atoms. The fourth-order valence-corrected chi connectivity index (χ4v) is 1.70. The van der Waals surface area contributed by atoms with Crippen LogP contribution in [0.5, 0.6) is 0 Å². The summed E-state index contributed by atoms with van der Waals surface area (Å²) in [6, 6.07) is 2.58. The smallest absolute Gasteiger partial charge is 0.106 e. The fourth-order valence-electron chi connectivity index (χ4n) is 1.70. The fraction of sp³-hybridized carbons (Fsp3) is 0.929. The van der Waals surface area contributed by atoms with Gasteiger partial charge in [-0.3, -0.25) is 5.32 Å². The first kappa shape index (κ1) is 18.3. The molecule has 0 aliphatic heterocycles. The van der Waals surface area contributed by atoms with Crippen molar-refractivity contribution in [3.63, 3.8) is 0 Å². The Morgan fingerprint density at radius 1 is 1.11 bits per heavy atom. The SMILES string of the molecule is COCCCOCCOCCC(C)(C#N)NC(C)C. The zero-order valence-corrected chi connectivity index (χ0v) is 12.7. The maximum absolute atomic E-state index is 9.15. The van der Waals surface area contributed by atoms with E-state index in [1.165, 1.54) is 0 Å². The van der Waals surface area contributed by atoms with Gasteiger partial charge in [0.05, 0.1) is 19.3 Å². The highest BCUT2D eigenvalue weighted by atomic mass is 16.5. The molecule has 0 fully saturated rings. The standard InChI is InChI=1S/C14H28N2O3/c1-13(2)16-14(3,12-15)6-9-19-11-10-18-8-5-7-17-4/h13,16H,5-11H2,1-4H3. The highest BCUT2D eigenvalue weighted by Gasteiger charge is 2.23. The minimum Gasteiger partial charge on any atom is -0.385 e. The second-order valence-electron chi connectivity index (χ2n) is 5.06. The highest BCUT2D eigenvalue weighted by Crippen LogP contribution is 2.09. The molecule has 0 amide bonds. The van der Waals surface area contributed by atoms with Crippen molar-refractivity contribution in [2.75, 3.05) is 40.1 Å². The molecule has 0 aromatic heterocycles. The second-order valence-corrected chi connectivity index (χ2v) is 5.06. The summed E-state index contributed by atoms with van der Waals surface area (Å²) in [6.07, 6.45) is 1.58. The van der Waals surface area contributed by atoms with Crippen molar-refractivity contribution in [3.8, 4) is 6.07 Å². The summed E-state index contributed by atoms with van der Waals surface area (Å²) in [6.45, 7) is 9.10. The molecule has 0 rings (SSSR count). The van der Waals surface area contributed by atoms with E-state index in [-0.39, 0.29) is 6.04 Å². The maximum atomic E-state index is 9.15. The minimum atomic E-state index is -0.520. The molecule has 5 heteroatoms. The molecule has 0 aromatic carbocycles. The van der Waals surface area contributed by atoms with Gasteiger partial charge >= 0.3 is 0 Å². The van der Waals surface area contributed by atoms with E-state index in [9.17, 15) is 0 Å². The quantitative estimate of drug-likeness (QED) is 0.548. The van der Waals surface area contributed by atoms with Crippen molar-refractivity contribution < 1.29 is 14.2 Å². The Balaban J connectivity index is 3.49. The molecule has 0 aliphatic rings. The van der Waals surface area contributed by atoms with Crippen LogP contribution in [0.25, 0.3) is 0 Å². The van der Waals surface area contributed by atoms with E-state index in [0.717, 1.165) is 13.0 Å². The van der Waals surface area contributed by atoms with Crippen molar-refractivity contribution in [2.24, 2.45) is 0 Å². The molecule has 0 bridgehead atoms. The van der Waals surface area contributed by atoms with Gasteiger partial charge in [0, 0.05) is 39.4 Å². The molecular formula is C14H28N2O3. The van der Waals surface area contributed by atoms with Crippen LogP contribution >= 0.6 is 0 Å². The molecule has 0 aromatic rings. The van der Waals surface area contributed by atoms with E-state index in [1.54, 1.807) is 7.11 Å². The summed E-state index contributed by atoms with van der Waals surface area (Å²) in [7, 11) is 1.68. The Kier molecular flexibility index (Phi) is 10.8.